The van der Waals surface area contributed by atoms with Gasteiger partial charge in [0, 0.05) is 5.54 Å². The third-order valence-electron chi connectivity index (χ3n) is 8.94. The van der Waals surface area contributed by atoms with Crippen LogP contribution >= 0.6 is 0 Å². The Morgan fingerprint density at radius 1 is 1.14 bits per heavy atom. The minimum Gasteiger partial charge on any atom is -0.324 e. The Morgan fingerprint density at radius 3 is 2.57 bits per heavy atom. The van der Waals surface area contributed by atoms with Gasteiger partial charge in [-0.2, -0.15) is 0 Å². The SMILES string of the molecule is C=C1C[C@]23C[C@H]1CCC2(N)[C@]1(C)CCCC(C)(C)C1C3C. The van der Waals surface area contributed by atoms with E-state index in [2.05, 4.69) is 34.3 Å². The molecule has 4 aliphatic rings. The molecule has 21 heavy (non-hydrogen) atoms. The van der Waals surface area contributed by atoms with Crippen molar-refractivity contribution < 1.29 is 0 Å². The van der Waals surface area contributed by atoms with Crippen LogP contribution in [0, 0.1) is 34.0 Å². The topological polar surface area (TPSA) is 26.0 Å². The van der Waals surface area contributed by atoms with Gasteiger partial charge in [-0.3, -0.25) is 0 Å². The number of nitrogens with two attached hydrogens (primary N) is 1. The van der Waals surface area contributed by atoms with Crippen LogP contribution in [0.2, 0.25) is 0 Å². The van der Waals surface area contributed by atoms with Crippen molar-refractivity contribution in [1.82, 2.24) is 0 Å². The summed E-state index contributed by atoms with van der Waals surface area (Å²) in [4.78, 5) is 0. The molecule has 0 aromatic heterocycles. The Bertz CT molecular complexity index is 506. The molecule has 6 atom stereocenters. The van der Waals surface area contributed by atoms with Crippen LogP contribution in [0.1, 0.15) is 72.6 Å². The van der Waals surface area contributed by atoms with Crippen molar-refractivity contribution in [3.8, 4) is 0 Å². The van der Waals surface area contributed by atoms with Gasteiger partial charge < -0.3 is 5.73 Å². The van der Waals surface area contributed by atoms with Crippen LogP contribution in [0.4, 0.5) is 0 Å². The summed E-state index contributed by atoms with van der Waals surface area (Å²) in [5.41, 5.74) is 10.1. The summed E-state index contributed by atoms with van der Waals surface area (Å²) in [6.07, 6.45) is 9.20. The van der Waals surface area contributed by atoms with Crippen molar-refractivity contribution in [3.63, 3.8) is 0 Å². The lowest BCUT2D eigenvalue weighted by molar-refractivity contribution is -0.0347. The van der Waals surface area contributed by atoms with E-state index >= 15 is 0 Å². The molecule has 4 fully saturated rings. The lowest BCUT2D eigenvalue weighted by atomic mass is 9.51. The third-order valence-corrected chi connectivity index (χ3v) is 8.94. The Hall–Kier alpha value is -0.300. The maximum absolute atomic E-state index is 7.36. The van der Waals surface area contributed by atoms with Crippen LogP contribution in [0.3, 0.4) is 0 Å². The molecule has 0 radical (unpaired) electrons. The number of fused-ring (bicyclic) bond motifs is 3. The van der Waals surface area contributed by atoms with E-state index in [1.165, 1.54) is 50.5 Å². The van der Waals surface area contributed by atoms with Crippen LogP contribution < -0.4 is 5.73 Å². The summed E-state index contributed by atoms with van der Waals surface area (Å²) in [6.45, 7) is 14.6. The van der Waals surface area contributed by atoms with E-state index in [1.54, 1.807) is 0 Å². The minimum absolute atomic E-state index is 0.0533. The Labute approximate surface area is 130 Å². The van der Waals surface area contributed by atoms with Crippen LogP contribution in [-0.4, -0.2) is 5.54 Å². The van der Waals surface area contributed by atoms with Gasteiger partial charge in [0.25, 0.3) is 0 Å². The third kappa shape index (κ3) is 1.35. The van der Waals surface area contributed by atoms with Crippen LogP contribution in [0.5, 0.6) is 0 Å². The Balaban J connectivity index is 1.91. The zero-order valence-corrected chi connectivity index (χ0v) is 14.5. The highest BCUT2D eigenvalue weighted by molar-refractivity contribution is 5.33. The number of rotatable bonds is 0. The van der Waals surface area contributed by atoms with Crippen molar-refractivity contribution in [2.45, 2.75) is 78.2 Å². The predicted molar refractivity (Wildman–Crippen MR) is 88.8 cm³/mol. The molecule has 0 aromatic rings. The smallest absolute Gasteiger partial charge is 0.0275 e. The standard InChI is InChI=1S/C20H33N/c1-13-11-19-12-15(13)7-10-20(19,21)18(5)9-6-8-17(3,4)16(18)14(19)2/h14-16H,1,6-12,21H2,2-5H3/t14?,15-,16?,18-,19-,20?/m1/s1. The number of hydrogen-bond acceptors (Lipinski definition) is 1. The molecule has 4 saturated carbocycles. The summed E-state index contributed by atoms with van der Waals surface area (Å²) in [6, 6.07) is 0. The fourth-order valence-electron chi connectivity index (χ4n) is 8.24. The van der Waals surface area contributed by atoms with Gasteiger partial charge in [-0.25, -0.2) is 0 Å². The molecule has 2 bridgehead atoms. The first kappa shape index (κ1) is 14.3. The monoisotopic (exact) mass is 287 g/mol. The van der Waals surface area contributed by atoms with Crippen molar-refractivity contribution in [2.75, 3.05) is 0 Å². The molecule has 1 spiro atoms. The highest BCUT2D eigenvalue weighted by atomic mass is 14.9. The lowest BCUT2D eigenvalue weighted by Crippen LogP contribution is -2.63. The summed E-state index contributed by atoms with van der Waals surface area (Å²) < 4.78 is 0. The quantitative estimate of drug-likeness (QED) is 0.629. The molecule has 0 aliphatic heterocycles. The van der Waals surface area contributed by atoms with Gasteiger partial charge in [-0.15, -0.1) is 0 Å². The summed E-state index contributed by atoms with van der Waals surface area (Å²) >= 11 is 0. The van der Waals surface area contributed by atoms with Gasteiger partial charge in [0.2, 0.25) is 0 Å². The van der Waals surface area contributed by atoms with Gasteiger partial charge in [0.15, 0.2) is 0 Å². The zero-order chi connectivity index (χ0) is 15.3. The largest absolute Gasteiger partial charge is 0.324 e. The molecule has 0 aromatic carbocycles. The molecule has 0 heterocycles. The van der Waals surface area contributed by atoms with Crippen LogP contribution in [0.25, 0.3) is 0 Å². The Morgan fingerprint density at radius 2 is 1.86 bits per heavy atom. The second kappa shape index (κ2) is 3.78. The molecule has 4 rings (SSSR count). The van der Waals surface area contributed by atoms with E-state index in [0.29, 0.717) is 16.2 Å². The molecule has 118 valence electrons. The maximum Gasteiger partial charge on any atom is 0.0275 e. The van der Waals surface area contributed by atoms with E-state index in [9.17, 15) is 0 Å². The molecule has 4 aliphatic carbocycles. The van der Waals surface area contributed by atoms with Crippen LogP contribution in [0.15, 0.2) is 12.2 Å². The molecule has 0 saturated heterocycles. The minimum atomic E-state index is 0.0533. The highest BCUT2D eigenvalue weighted by Crippen LogP contribution is 2.78. The first-order valence-electron chi connectivity index (χ1n) is 9.15. The zero-order valence-electron chi connectivity index (χ0n) is 14.5. The van der Waals surface area contributed by atoms with Gasteiger partial charge >= 0.3 is 0 Å². The molecule has 0 amide bonds. The summed E-state index contributed by atoms with van der Waals surface area (Å²) in [5, 5.41) is 0. The van der Waals surface area contributed by atoms with Crippen molar-refractivity contribution in [3.05, 3.63) is 12.2 Å². The second-order valence-electron chi connectivity index (χ2n) is 9.93. The van der Waals surface area contributed by atoms with E-state index in [4.69, 9.17) is 5.73 Å². The highest BCUT2D eigenvalue weighted by Gasteiger charge is 2.75. The van der Waals surface area contributed by atoms with E-state index < -0.39 is 0 Å². The lowest BCUT2D eigenvalue weighted by Gasteiger charge is -2.56. The van der Waals surface area contributed by atoms with Crippen molar-refractivity contribution >= 4 is 0 Å². The number of hydrogen-bond donors (Lipinski definition) is 1. The van der Waals surface area contributed by atoms with Gasteiger partial charge in [-0.1, -0.05) is 46.3 Å². The normalized spacial score (nSPS) is 58.0. The van der Waals surface area contributed by atoms with E-state index in [1.807, 2.05) is 0 Å². The van der Waals surface area contributed by atoms with Gasteiger partial charge in [0.05, 0.1) is 0 Å². The molecule has 3 unspecified atom stereocenters. The van der Waals surface area contributed by atoms with E-state index in [0.717, 1.165) is 17.8 Å². The number of allylic oxidation sites excluding steroid dienone is 1. The molecule has 1 heteroatoms. The van der Waals surface area contributed by atoms with Crippen molar-refractivity contribution in [2.24, 2.45) is 39.7 Å². The predicted octanol–water partition coefficient (Wildman–Crippen LogP) is 4.91. The summed E-state index contributed by atoms with van der Waals surface area (Å²) in [7, 11) is 0. The van der Waals surface area contributed by atoms with Crippen molar-refractivity contribution in [1.29, 1.82) is 0 Å². The van der Waals surface area contributed by atoms with E-state index in [-0.39, 0.29) is 5.54 Å². The van der Waals surface area contributed by atoms with Gasteiger partial charge in [0.1, 0.15) is 0 Å². The van der Waals surface area contributed by atoms with Crippen LogP contribution in [-0.2, 0) is 0 Å². The Kier molecular flexibility index (Phi) is 2.57. The molecule has 2 N–H and O–H groups in total. The average Bonchev–Trinajstić information content (AvgIpc) is 2.75. The first-order chi connectivity index (χ1) is 9.68. The summed E-state index contributed by atoms with van der Waals surface area (Å²) in [5.74, 6) is 2.31. The maximum atomic E-state index is 7.36. The molecular formula is C20H33N. The fourth-order valence-corrected chi connectivity index (χ4v) is 8.24. The molecular weight excluding hydrogens is 254 g/mol. The molecule has 1 nitrogen and oxygen atoms in total. The first-order valence-corrected chi connectivity index (χ1v) is 9.15. The van der Waals surface area contributed by atoms with Gasteiger partial charge in [-0.05, 0) is 72.5 Å². The second-order valence-corrected chi connectivity index (χ2v) is 9.93. The average molecular weight is 287 g/mol. The fraction of sp³-hybridized carbons (Fsp3) is 0.900.